The van der Waals surface area contributed by atoms with Gasteiger partial charge in [0.2, 0.25) is 5.91 Å². The number of rotatable bonds is 3. The number of amides is 2. The van der Waals surface area contributed by atoms with Gasteiger partial charge in [-0.05, 0) is 48.7 Å². The monoisotopic (exact) mass is 397 g/mol. The first-order valence-corrected chi connectivity index (χ1v) is 9.85. The maximum Gasteiger partial charge on any atom is 0.289 e. The summed E-state index contributed by atoms with van der Waals surface area (Å²) in [6, 6.07) is 9.09. The molecule has 1 saturated carbocycles. The lowest BCUT2D eigenvalue weighted by molar-refractivity contribution is -0.135. The van der Waals surface area contributed by atoms with Crippen LogP contribution in [0.4, 0.5) is 0 Å². The number of furan rings is 1. The zero-order valence-electron chi connectivity index (χ0n) is 15.3. The van der Waals surface area contributed by atoms with Gasteiger partial charge in [0.1, 0.15) is 0 Å². The van der Waals surface area contributed by atoms with Gasteiger partial charge in [-0.25, -0.2) is 0 Å². The molecule has 2 aliphatic rings. The van der Waals surface area contributed by atoms with Gasteiger partial charge in [-0.15, -0.1) is 0 Å². The molecule has 28 heavy (non-hydrogen) atoms. The molecule has 2 fully saturated rings. The maximum absolute atomic E-state index is 13.4. The first kappa shape index (κ1) is 17.4. The highest BCUT2D eigenvalue weighted by Gasteiger charge is 2.54. The van der Waals surface area contributed by atoms with E-state index in [4.69, 9.17) is 16.0 Å². The summed E-state index contributed by atoms with van der Waals surface area (Å²) in [5, 5.41) is 1.69. The lowest BCUT2D eigenvalue weighted by Crippen LogP contribution is -2.52. The first-order chi connectivity index (χ1) is 13.6. The molecular weight excluding hydrogens is 378 g/mol. The number of fused-ring (bicyclic) bond motifs is 1. The number of nitrogens with zero attached hydrogens (tertiary/aromatic N) is 2. The molecule has 2 amide bonds. The number of carbonyl (C=O) groups excluding carboxylic acids is 2. The average Bonchev–Trinajstić information content (AvgIpc) is 3.15. The van der Waals surface area contributed by atoms with Crippen LogP contribution in [0.2, 0.25) is 5.02 Å². The van der Waals surface area contributed by atoms with Gasteiger partial charge < -0.3 is 19.2 Å². The van der Waals surface area contributed by atoms with E-state index in [0.29, 0.717) is 37.0 Å². The maximum atomic E-state index is 13.4. The first-order valence-electron chi connectivity index (χ1n) is 9.48. The van der Waals surface area contributed by atoms with Gasteiger partial charge in [-0.2, -0.15) is 0 Å². The standard InChI is InChI=1S/C21H20ClN3O3/c22-14-3-4-17-15(12-14)16(13-23-17)21(5-6-21)20(27)25-9-7-24(8-10-25)19(26)18-2-1-11-28-18/h1-4,11-13,23H,5-10H2. The lowest BCUT2D eigenvalue weighted by Gasteiger charge is -2.36. The molecule has 1 aromatic carbocycles. The van der Waals surface area contributed by atoms with Crippen LogP contribution >= 0.6 is 11.6 Å². The summed E-state index contributed by atoms with van der Waals surface area (Å²) in [7, 11) is 0. The number of nitrogens with one attached hydrogen (secondary N) is 1. The molecule has 1 aliphatic heterocycles. The van der Waals surface area contributed by atoms with Crippen molar-refractivity contribution in [3.63, 3.8) is 0 Å². The Balaban J connectivity index is 1.33. The van der Waals surface area contributed by atoms with Crippen LogP contribution in [0.15, 0.2) is 47.2 Å². The van der Waals surface area contributed by atoms with Gasteiger partial charge in [0.15, 0.2) is 5.76 Å². The Morgan fingerprint density at radius 2 is 1.82 bits per heavy atom. The third-order valence-electron chi connectivity index (χ3n) is 5.90. The predicted octanol–water partition coefficient (Wildman–Crippen LogP) is 3.43. The van der Waals surface area contributed by atoms with Gasteiger partial charge in [0, 0.05) is 48.3 Å². The third-order valence-corrected chi connectivity index (χ3v) is 6.14. The Hall–Kier alpha value is -2.73. The average molecular weight is 398 g/mol. The third kappa shape index (κ3) is 2.71. The number of hydrogen-bond acceptors (Lipinski definition) is 3. The van der Waals surface area contributed by atoms with Gasteiger partial charge in [-0.3, -0.25) is 9.59 Å². The van der Waals surface area contributed by atoms with Crippen LogP contribution in [0.25, 0.3) is 10.9 Å². The Bertz CT molecular complexity index is 1040. The summed E-state index contributed by atoms with van der Waals surface area (Å²) in [5.41, 5.74) is 1.56. The summed E-state index contributed by atoms with van der Waals surface area (Å²) in [6.45, 7) is 2.11. The normalized spacial score (nSPS) is 18.5. The number of piperazine rings is 1. The number of carbonyl (C=O) groups is 2. The minimum absolute atomic E-state index is 0.121. The number of H-pyrrole nitrogens is 1. The fourth-order valence-electron chi connectivity index (χ4n) is 4.18. The fraction of sp³-hybridized carbons (Fsp3) is 0.333. The van der Waals surface area contributed by atoms with Gasteiger partial charge in [0.25, 0.3) is 5.91 Å². The number of hydrogen-bond donors (Lipinski definition) is 1. The van der Waals surface area contributed by atoms with E-state index in [-0.39, 0.29) is 11.8 Å². The van der Waals surface area contributed by atoms with Crippen LogP contribution in [0.5, 0.6) is 0 Å². The molecular formula is C21H20ClN3O3. The van der Waals surface area contributed by atoms with E-state index in [1.165, 1.54) is 6.26 Å². The number of aromatic amines is 1. The zero-order chi connectivity index (χ0) is 19.3. The van der Waals surface area contributed by atoms with Gasteiger partial charge >= 0.3 is 0 Å². The van der Waals surface area contributed by atoms with Crippen molar-refractivity contribution < 1.29 is 14.0 Å². The largest absolute Gasteiger partial charge is 0.459 e. The summed E-state index contributed by atoms with van der Waals surface area (Å²) in [4.78, 5) is 32.7. The molecule has 2 aromatic heterocycles. The van der Waals surface area contributed by atoms with Crippen molar-refractivity contribution in [1.29, 1.82) is 0 Å². The van der Waals surface area contributed by atoms with Crippen molar-refractivity contribution in [2.75, 3.05) is 26.2 Å². The van der Waals surface area contributed by atoms with E-state index in [1.54, 1.807) is 17.0 Å². The van der Waals surface area contributed by atoms with Crippen LogP contribution in [0, 0.1) is 0 Å². The lowest BCUT2D eigenvalue weighted by atomic mass is 9.93. The summed E-state index contributed by atoms with van der Waals surface area (Å²) in [5.74, 6) is 0.372. The molecule has 6 nitrogen and oxygen atoms in total. The highest BCUT2D eigenvalue weighted by molar-refractivity contribution is 6.31. The molecule has 3 aromatic rings. The molecule has 0 atom stereocenters. The van der Waals surface area contributed by atoms with Crippen molar-refractivity contribution in [1.82, 2.24) is 14.8 Å². The molecule has 0 unspecified atom stereocenters. The molecule has 7 heteroatoms. The molecule has 1 aliphatic carbocycles. The Morgan fingerprint density at radius 1 is 1.07 bits per heavy atom. The molecule has 0 bridgehead atoms. The second-order valence-corrected chi connectivity index (χ2v) is 7.97. The molecule has 144 valence electrons. The van der Waals surface area contributed by atoms with Crippen molar-refractivity contribution in [3.8, 4) is 0 Å². The Kier molecular flexibility index (Phi) is 3.98. The number of aromatic nitrogens is 1. The van der Waals surface area contributed by atoms with E-state index < -0.39 is 5.41 Å². The molecule has 0 spiro atoms. The molecule has 1 saturated heterocycles. The predicted molar refractivity (Wildman–Crippen MR) is 105 cm³/mol. The zero-order valence-corrected chi connectivity index (χ0v) is 16.0. The topological polar surface area (TPSA) is 69.6 Å². The smallest absolute Gasteiger partial charge is 0.289 e. The van der Waals surface area contributed by atoms with Gasteiger partial charge in [0.05, 0.1) is 11.7 Å². The quantitative estimate of drug-likeness (QED) is 0.736. The highest BCUT2D eigenvalue weighted by atomic mass is 35.5. The van der Waals surface area contributed by atoms with Crippen molar-refractivity contribution in [2.45, 2.75) is 18.3 Å². The minimum atomic E-state index is -0.462. The summed E-state index contributed by atoms with van der Waals surface area (Å²) >= 11 is 6.18. The number of halogens is 1. The fourth-order valence-corrected chi connectivity index (χ4v) is 4.36. The van der Waals surface area contributed by atoms with E-state index in [1.807, 2.05) is 29.3 Å². The summed E-state index contributed by atoms with van der Waals surface area (Å²) in [6.07, 6.45) is 5.13. The van der Waals surface area contributed by atoms with Crippen LogP contribution in [-0.2, 0) is 10.2 Å². The second kappa shape index (κ2) is 6.41. The minimum Gasteiger partial charge on any atom is -0.459 e. The van der Waals surface area contributed by atoms with E-state index >= 15 is 0 Å². The number of benzene rings is 1. The molecule has 0 radical (unpaired) electrons. The van der Waals surface area contributed by atoms with Crippen molar-refractivity contribution in [3.05, 3.63) is 59.1 Å². The van der Waals surface area contributed by atoms with Gasteiger partial charge in [-0.1, -0.05) is 11.6 Å². The van der Waals surface area contributed by atoms with Crippen LogP contribution in [0.1, 0.15) is 29.0 Å². The molecule has 1 N–H and O–H groups in total. The van der Waals surface area contributed by atoms with Crippen molar-refractivity contribution in [2.24, 2.45) is 0 Å². The SMILES string of the molecule is O=C(c1ccco1)N1CCN(C(=O)C2(c3c[nH]c4ccc(Cl)cc34)CC2)CC1. The van der Waals surface area contributed by atoms with Crippen LogP contribution in [-0.4, -0.2) is 52.8 Å². The van der Waals surface area contributed by atoms with E-state index in [2.05, 4.69) is 4.98 Å². The summed E-state index contributed by atoms with van der Waals surface area (Å²) < 4.78 is 5.20. The van der Waals surface area contributed by atoms with Crippen LogP contribution < -0.4 is 0 Å². The molecule has 5 rings (SSSR count). The Morgan fingerprint density at radius 3 is 2.50 bits per heavy atom. The Labute approximate surface area is 167 Å². The van der Waals surface area contributed by atoms with E-state index in [9.17, 15) is 9.59 Å². The second-order valence-electron chi connectivity index (χ2n) is 7.54. The molecule has 3 heterocycles. The highest BCUT2D eigenvalue weighted by Crippen LogP contribution is 2.52. The van der Waals surface area contributed by atoms with Crippen molar-refractivity contribution >= 4 is 34.3 Å². The van der Waals surface area contributed by atoms with E-state index in [0.717, 1.165) is 29.3 Å². The van der Waals surface area contributed by atoms with Crippen LogP contribution in [0.3, 0.4) is 0 Å².